The van der Waals surface area contributed by atoms with Crippen LogP contribution >= 0.6 is 0 Å². The van der Waals surface area contributed by atoms with E-state index in [4.69, 9.17) is 4.74 Å². The molecule has 272 valence electrons. The van der Waals surface area contributed by atoms with E-state index >= 15 is 4.39 Å². The zero-order chi connectivity index (χ0) is 37.2. The fourth-order valence-electron chi connectivity index (χ4n) is 5.94. The van der Waals surface area contributed by atoms with Gasteiger partial charge in [0.2, 0.25) is 0 Å². The number of nitrogens with one attached hydrogen (secondary N) is 2. The molecule has 0 spiro atoms. The van der Waals surface area contributed by atoms with Crippen LogP contribution in [0.4, 0.5) is 10.1 Å². The number of Topliss-reactive ketones (excluding diaryl/α,β-unsaturated/α-hetero) is 1. The second-order valence-electron chi connectivity index (χ2n) is 13.1. The number of aliphatic imine (C=N–C) groups is 1. The van der Waals surface area contributed by atoms with Gasteiger partial charge in [-0.1, -0.05) is 55.3 Å². The Bertz CT molecular complexity index is 1700. The minimum Gasteiger partial charge on any atom is -0.481 e. The number of anilines is 1. The predicted octanol–water partition coefficient (Wildman–Crippen LogP) is 7.99. The average molecular weight is 699 g/mol. The number of carboxylic acid groups (broad SMARTS) is 1. The SMILES string of the molecule is C=N/C=C(\NCc1cccc(Oc2c(F)cc(N/C=C\C)cc2CC=O)c1)C(C)(CCCCCC(=O)CN(C)C)c1cccc(CCC(=O)O)c1. The summed E-state index contributed by atoms with van der Waals surface area (Å²) in [6.07, 6.45) is 10.1. The normalized spacial score (nSPS) is 12.8. The molecule has 0 aliphatic heterocycles. The molecule has 0 bridgehead atoms. The highest BCUT2D eigenvalue weighted by Crippen LogP contribution is 2.37. The van der Waals surface area contributed by atoms with Gasteiger partial charge in [-0.25, -0.2) is 4.39 Å². The summed E-state index contributed by atoms with van der Waals surface area (Å²) in [6.45, 7) is 8.53. The lowest BCUT2D eigenvalue weighted by atomic mass is 9.74. The summed E-state index contributed by atoms with van der Waals surface area (Å²) in [5, 5.41) is 15.8. The molecule has 51 heavy (non-hydrogen) atoms. The van der Waals surface area contributed by atoms with Crippen LogP contribution in [0.3, 0.4) is 0 Å². The number of benzene rings is 3. The van der Waals surface area contributed by atoms with Crippen LogP contribution in [-0.2, 0) is 39.2 Å². The molecule has 0 aromatic heterocycles. The summed E-state index contributed by atoms with van der Waals surface area (Å²) in [5.41, 5.74) is 4.02. The fraction of sp³-hybridized carbons (Fsp3) is 0.366. The van der Waals surface area contributed by atoms with Gasteiger partial charge < -0.3 is 30.2 Å². The number of hydrogen-bond acceptors (Lipinski definition) is 8. The summed E-state index contributed by atoms with van der Waals surface area (Å²) >= 11 is 0. The predicted molar refractivity (Wildman–Crippen MR) is 202 cm³/mol. The van der Waals surface area contributed by atoms with Crippen molar-refractivity contribution < 1.29 is 28.6 Å². The van der Waals surface area contributed by atoms with Crippen LogP contribution in [0.2, 0.25) is 0 Å². The van der Waals surface area contributed by atoms with E-state index < -0.39 is 17.2 Å². The maximum atomic E-state index is 15.2. The molecule has 0 aliphatic rings. The zero-order valence-electron chi connectivity index (χ0n) is 30.2. The van der Waals surface area contributed by atoms with Gasteiger partial charge in [0, 0.05) is 60.4 Å². The van der Waals surface area contributed by atoms with E-state index in [2.05, 4.69) is 35.3 Å². The maximum Gasteiger partial charge on any atom is 0.303 e. The number of halogens is 1. The third kappa shape index (κ3) is 12.9. The molecule has 10 heteroatoms. The summed E-state index contributed by atoms with van der Waals surface area (Å²) in [7, 11) is 3.78. The number of aryl methyl sites for hydroxylation is 1. The Morgan fingerprint density at radius 3 is 2.51 bits per heavy atom. The van der Waals surface area contributed by atoms with Gasteiger partial charge in [0.05, 0.1) is 6.54 Å². The number of allylic oxidation sites excluding steroid dienone is 2. The van der Waals surface area contributed by atoms with Crippen molar-refractivity contribution in [2.75, 3.05) is 26.0 Å². The highest BCUT2D eigenvalue weighted by molar-refractivity contribution is 5.80. The summed E-state index contributed by atoms with van der Waals surface area (Å²) in [4.78, 5) is 41.0. The number of aliphatic carboxylic acids is 1. The number of carbonyl (C=O) groups excluding carboxylic acids is 2. The number of ether oxygens (including phenoxy) is 1. The van der Waals surface area contributed by atoms with E-state index in [1.165, 1.54) is 6.07 Å². The quantitative estimate of drug-likeness (QED) is 0.0518. The van der Waals surface area contributed by atoms with Gasteiger partial charge in [0.1, 0.15) is 17.8 Å². The number of ketones is 1. The van der Waals surface area contributed by atoms with Crippen LogP contribution in [0.5, 0.6) is 11.5 Å². The second-order valence-corrected chi connectivity index (χ2v) is 13.1. The molecule has 0 aliphatic carbocycles. The molecule has 3 N–H and O–H groups in total. The second kappa shape index (κ2) is 20.6. The fourth-order valence-corrected chi connectivity index (χ4v) is 5.94. The lowest BCUT2D eigenvalue weighted by molar-refractivity contribution is -0.137. The summed E-state index contributed by atoms with van der Waals surface area (Å²) < 4.78 is 21.3. The van der Waals surface area contributed by atoms with Crippen LogP contribution in [0.25, 0.3) is 0 Å². The number of hydrogen-bond donors (Lipinski definition) is 3. The molecule has 0 saturated carbocycles. The van der Waals surface area contributed by atoms with Crippen molar-refractivity contribution in [1.29, 1.82) is 0 Å². The minimum absolute atomic E-state index is 0.00607. The van der Waals surface area contributed by atoms with Crippen LogP contribution in [0, 0.1) is 5.82 Å². The molecule has 3 aromatic rings. The van der Waals surface area contributed by atoms with Crippen molar-refractivity contribution >= 4 is 30.4 Å². The first kappa shape index (κ1) is 40.3. The highest BCUT2D eigenvalue weighted by atomic mass is 19.1. The van der Waals surface area contributed by atoms with Gasteiger partial charge >= 0.3 is 5.97 Å². The number of likely N-dealkylation sites (N-methyl/N-ethyl adjacent to an activating group) is 1. The molecular formula is C41H51FN4O5. The third-order valence-corrected chi connectivity index (χ3v) is 8.57. The number of unbranched alkanes of at least 4 members (excludes halogenated alkanes) is 2. The topological polar surface area (TPSA) is 120 Å². The Balaban J connectivity index is 1.85. The number of nitrogens with zero attached hydrogens (tertiary/aromatic N) is 2. The van der Waals surface area contributed by atoms with Gasteiger partial charge in [-0.2, -0.15) is 0 Å². The molecule has 0 radical (unpaired) electrons. The van der Waals surface area contributed by atoms with E-state index in [0.717, 1.165) is 48.1 Å². The Hall–Kier alpha value is -5.09. The van der Waals surface area contributed by atoms with Crippen molar-refractivity contribution in [3.05, 3.63) is 113 Å². The van der Waals surface area contributed by atoms with Crippen LogP contribution in [-0.4, -0.2) is 55.4 Å². The highest BCUT2D eigenvalue weighted by Gasteiger charge is 2.31. The van der Waals surface area contributed by atoms with E-state index in [1.54, 1.807) is 30.6 Å². The smallest absolute Gasteiger partial charge is 0.303 e. The van der Waals surface area contributed by atoms with Crippen molar-refractivity contribution in [3.8, 4) is 11.5 Å². The third-order valence-electron chi connectivity index (χ3n) is 8.57. The van der Waals surface area contributed by atoms with Crippen molar-refractivity contribution in [3.63, 3.8) is 0 Å². The number of carboxylic acids is 1. The molecule has 3 aromatic carbocycles. The summed E-state index contributed by atoms with van der Waals surface area (Å²) in [5.74, 6) is -0.805. The molecule has 3 rings (SSSR count). The molecule has 9 nitrogen and oxygen atoms in total. The van der Waals surface area contributed by atoms with Gasteiger partial charge in [0.25, 0.3) is 0 Å². The molecule has 0 amide bonds. The maximum absolute atomic E-state index is 15.2. The van der Waals surface area contributed by atoms with Crippen molar-refractivity contribution in [2.45, 2.75) is 77.2 Å². The number of rotatable bonds is 23. The first-order valence-corrected chi connectivity index (χ1v) is 17.3. The monoisotopic (exact) mass is 698 g/mol. The lowest BCUT2D eigenvalue weighted by Gasteiger charge is -2.34. The summed E-state index contributed by atoms with van der Waals surface area (Å²) in [6, 6.07) is 18.3. The minimum atomic E-state index is -0.850. The molecule has 0 saturated heterocycles. The standard InChI is InChI=1S/C41H51FN4O5/c1-6-21-44-34-25-32(19-22-47)40(37(42)26-34)51-36-16-11-13-31(24-36)27-45-38(28-43-3)41(2,20-9-7-8-15-35(48)29-46(4)5)33-14-10-12-30(23-33)17-18-39(49)50/h6,10-14,16,21-26,28,44-45H,3,7-9,15,17-20,27,29H2,1-2,4-5H3,(H,49,50)/b21-6-,38-28-. The van der Waals surface area contributed by atoms with Gasteiger partial charge in [0.15, 0.2) is 11.6 Å². The van der Waals surface area contributed by atoms with Crippen LogP contribution in [0.15, 0.2) is 89.8 Å². The number of aldehydes is 1. The van der Waals surface area contributed by atoms with E-state index in [1.807, 2.05) is 62.3 Å². The van der Waals surface area contributed by atoms with E-state index in [9.17, 15) is 19.5 Å². The molecule has 1 unspecified atom stereocenters. The Labute approximate surface area is 301 Å². The van der Waals surface area contributed by atoms with Gasteiger partial charge in [-0.3, -0.25) is 14.6 Å². The number of carbonyl (C=O) groups is 3. The largest absolute Gasteiger partial charge is 0.481 e. The molecule has 0 heterocycles. The molecule has 1 atom stereocenters. The van der Waals surface area contributed by atoms with Crippen LogP contribution in [0.1, 0.15) is 74.6 Å². The Morgan fingerprint density at radius 1 is 1.04 bits per heavy atom. The Kier molecular flexibility index (Phi) is 16.3. The van der Waals surface area contributed by atoms with E-state index in [-0.39, 0.29) is 24.4 Å². The first-order valence-electron chi connectivity index (χ1n) is 17.3. The van der Waals surface area contributed by atoms with Crippen molar-refractivity contribution in [2.24, 2.45) is 4.99 Å². The van der Waals surface area contributed by atoms with Gasteiger partial charge in [-0.05, 0) is 95.0 Å². The van der Waals surface area contributed by atoms with Crippen molar-refractivity contribution in [1.82, 2.24) is 10.2 Å². The zero-order valence-corrected chi connectivity index (χ0v) is 30.2. The Morgan fingerprint density at radius 2 is 1.80 bits per heavy atom. The van der Waals surface area contributed by atoms with E-state index in [0.29, 0.717) is 49.2 Å². The van der Waals surface area contributed by atoms with Gasteiger partial charge in [-0.15, -0.1) is 0 Å². The molecule has 0 fully saturated rings. The molecular weight excluding hydrogens is 647 g/mol. The first-order chi connectivity index (χ1) is 24.5. The lowest BCUT2D eigenvalue weighted by Crippen LogP contribution is -2.33. The van der Waals surface area contributed by atoms with Crippen LogP contribution < -0.4 is 15.4 Å². The average Bonchev–Trinajstić information content (AvgIpc) is 3.09.